The molecule has 44 heavy (non-hydrogen) atoms. The molecule has 0 saturated carbocycles. The van der Waals surface area contributed by atoms with E-state index in [4.69, 9.17) is 23.7 Å². The Kier molecular flexibility index (Phi) is 13.5. The fourth-order valence-electron chi connectivity index (χ4n) is 4.70. The maximum atomic E-state index is 12.5. The van der Waals surface area contributed by atoms with Gasteiger partial charge in [0.2, 0.25) is 0 Å². The van der Waals surface area contributed by atoms with Gasteiger partial charge in [0.05, 0.1) is 39.6 Å². The van der Waals surface area contributed by atoms with Gasteiger partial charge in [-0.15, -0.1) is 0 Å². The maximum Gasteiger partial charge on any atom is 0.412 e. The Labute approximate surface area is 261 Å². The number of methoxy groups -OCH3 is 2. The van der Waals surface area contributed by atoms with Gasteiger partial charge in [-0.3, -0.25) is 5.32 Å². The van der Waals surface area contributed by atoms with Crippen LogP contribution in [0, 0.1) is 5.92 Å². The van der Waals surface area contributed by atoms with Crippen LogP contribution in [0.2, 0.25) is 0 Å². The minimum atomic E-state index is -0.752. The summed E-state index contributed by atoms with van der Waals surface area (Å²) in [6.45, 7) is 7.79. The van der Waals surface area contributed by atoms with E-state index in [0.717, 1.165) is 22.4 Å². The zero-order chi connectivity index (χ0) is 32.0. The SMILES string of the molecule is COC(=O)/C(=C/CO[C@H](Cc1ccccc1)[C@@H](Cc1ccccc1)[C@H](C)OCc1ccc(OC)cc1)NC(=O)OC(C)(C)C. The van der Waals surface area contributed by atoms with E-state index in [1.54, 1.807) is 27.9 Å². The third kappa shape index (κ3) is 11.9. The molecule has 0 fully saturated rings. The van der Waals surface area contributed by atoms with Crippen molar-refractivity contribution in [2.24, 2.45) is 5.92 Å². The largest absolute Gasteiger partial charge is 0.497 e. The quantitative estimate of drug-likeness (QED) is 0.153. The molecule has 236 valence electrons. The van der Waals surface area contributed by atoms with Gasteiger partial charge in [0.25, 0.3) is 0 Å². The normalized spacial score (nSPS) is 13.8. The lowest BCUT2D eigenvalue weighted by Gasteiger charge is -2.32. The van der Waals surface area contributed by atoms with Crippen LogP contribution in [0.3, 0.4) is 0 Å². The van der Waals surface area contributed by atoms with Crippen molar-refractivity contribution < 1.29 is 33.3 Å². The van der Waals surface area contributed by atoms with Gasteiger partial charge in [0.15, 0.2) is 0 Å². The van der Waals surface area contributed by atoms with Crippen LogP contribution >= 0.6 is 0 Å². The smallest absolute Gasteiger partial charge is 0.412 e. The van der Waals surface area contributed by atoms with E-state index in [0.29, 0.717) is 19.4 Å². The van der Waals surface area contributed by atoms with E-state index in [1.165, 1.54) is 13.2 Å². The van der Waals surface area contributed by atoms with E-state index in [1.807, 2.05) is 60.7 Å². The Balaban J connectivity index is 1.86. The maximum absolute atomic E-state index is 12.5. The molecule has 0 spiro atoms. The summed E-state index contributed by atoms with van der Waals surface area (Å²) < 4.78 is 28.5. The lowest BCUT2D eigenvalue weighted by Crippen LogP contribution is -2.37. The predicted octanol–water partition coefficient (Wildman–Crippen LogP) is 6.67. The highest BCUT2D eigenvalue weighted by atomic mass is 16.6. The summed E-state index contributed by atoms with van der Waals surface area (Å²) in [6.07, 6.45) is 1.62. The molecule has 1 N–H and O–H groups in total. The average Bonchev–Trinajstić information content (AvgIpc) is 3.01. The fraction of sp³-hybridized carbons (Fsp3) is 0.389. The number of hydrogen-bond acceptors (Lipinski definition) is 7. The molecule has 0 radical (unpaired) electrons. The van der Waals surface area contributed by atoms with Gasteiger partial charge >= 0.3 is 12.1 Å². The van der Waals surface area contributed by atoms with Crippen molar-refractivity contribution in [3.63, 3.8) is 0 Å². The molecular formula is C36H45NO7. The molecule has 0 aliphatic heterocycles. The molecule has 0 unspecified atom stereocenters. The van der Waals surface area contributed by atoms with Gasteiger partial charge in [-0.25, -0.2) is 9.59 Å². The summed E-state index contributed by atoms with van der Waals surface area (Å²) >= 11 is 0. The lowest BCUT2D eigenvalue weighted by atomic mass is 9.86. The second kappa shape index (κ2) is 17.2. The number of hydrogen-bond donors (Lipinski definition) is 1. The van der Waals surface area contributed by atoms with Crippen molar-refractivity contribution in [2.45, 2.75) is 65.0 Å². The van der Waals surface area contributed by atoms with Gasteiger partial charge in [0.1, 0.15) is 17.0 Å². The summed E-state index contributed by atoms with van der Waals surface area (Å²) in [4.78, 5) is 24.9. The molecule has 8 nitrogen and oxygen atoms in total. The highest BCUT2D eigenvalue weighted by Crippen LogP contribution is 2.26. The molecule has 0 aromatic heterocycles. The van der Waals surface area contributed by atoms with Crippen molar-refractivity contribution in [3.05, 3.63) is 113 Å². The van der Waals surface area contributed by atoms with E-state index in [2.05, 4.69) is 36.5 Å². The van der Waals surface area contributed by atoms with Gasteiger partial charge in [0, 0.05) is 5.92 Å². The third-order valence-electron chi connectivity index (χ3n) is 6.99. The summed E-state index contributed by atoms with van der Waals surface area (Å²) in [5.41, 5.74) is 2.53. The van der Waals surface area contributed by atoms with Crippen LogP contribution in [0.25, 0.3) is 0 Å². The third-order valence-corrected chi connectivity index (χ3v) is 6.99. The second-order valence-corrected chi connectivity index (χ2v) is 11.5. The first kappa shape index (κ1) is 34.4. The number of nitrogens with one attached hydrogen (secondary N) is 1. The molecule has 3 aromatic rings. The molecule has 3 rings (SSSR count). The summed E-state index contributed by atoms with van der Waals surface area (Å²) in [7, 11) is 2.90. The second-order valence-electron chi connectivity index (χ2n) is 11.5. The first-order valence-electron chi connectivity index (χ1n) is 14.8. The Morgan fingerprint density at radius 3 is 1.93 bits per heavy atom. The topological polar surface area (TPSA) is 92.3 Å². The van der Waals surface area contributed by atoms with Crippen molar-refractivity contribution >= 4 is 12.1 Å². The Hall–Kier alpha value is -4.14. The molecule has 0 aliphatic rings. The van der Waals surface area contributed by atoms with Crippen molar-refractivity contribution in [3.8, 4) is 5.75 Å². The zero-order valence-corrected chi connectivity index (χ0v) is 26.6. The lowest BCUT2D eigenvalue weighted by molar-refractivity contribution is -0.136. The van der Waals surface area contributed by atoms with Gasteiger partial charge in [-0.2, -0.15) is 0 Å². The van der Waals surface area contributed by atoms with E-state index >= 15 is 0 Å². The predicted molar refractivity (Wildman–Crippen MR) is 170 cm³/mol. The van der Waals surface area contributed by atoms with Crippen LogP contribution in [0.15, 0.2) is 96.7 Å². The van der Waals surface area contributed by atoms with Crippen molar-refractivity contribution in [1.29, 1.82) is 0 Å². The average molecular weight is 604 g/mol. The van der Waals surface area contributed by atoms with Crippen LogP contribution in [0.5, 0.6) is 5.75 Å². The number of alkyl carbamates (subject to hydrolysis) is 1. The van der Waals surface area contributed by atoms with Gasteiger partial charge < -0.3 is 23.7 Å². The Morgan fingerprint density at radius 2 is 1.39 bits per heavy atom. The van der Waals surface area contributed by atoms with Crippen LogP contribution in [0.1, 0.15) is 44.4 Å². The highest BCUT2D eigenvalue weighted by molar-refractivity contribution is 5.92. The minimum Gasteiger partial charge on any atom is -0.497 e. The molecule has 0 aliphatic carbocycles. The molecule has 0 heterocycles. The molecule has 8 heteroatoms. The van der Waals surface area contributed by atoms with E-state index in [9.17, 15) is 9.59 Å². The fourth-order valence-corrected chi connectivity index (χ4v) is 4.70. The Bertz CT molecular complexity index is 1320. The molecule has 3 aromatic carbocycles. The Morgan fingerprint density at radius 1 is 0.795 bits per heavy atom. The standard InChI is InChI=1S/C36H45NO7/c1-26(43-25-29-17-19-30(40-5)20-18-29)31(23-27-13-9-7-10-14-27)33(24-28-15-11-8-12-16-28)42-22-21-32(34(38)41-6)37-35(39)44-36(2,3)4/h7-21,26,31,33H,22-25H2,1-6H3,(H,37,39)/b32-21-/t26-,31-,33+/m0/s1. The molecule has 0 saturated heterocycles. The van der Waals surface area contributed by atoms with E-state index in [-0.39, 0.29) is 30.4 Å². The van der Waals surface area contributed by atoms with Crippen LogP contribution in [0.4, 0.5) is 4.79 Å². The molecular weight excluding hydrogens is 558 g/mol. The number of carbonyl (C=O) groups is 2. The molecule has 3 atom stereocenters. The van der Waals surface area contributed by atoms with Gasteiger partial charge in [-0.05, 0) is 75.4 Å². The first-order chi connectivity index (χ1) is 21.1. The summed E-state index contributed by atoms with van der Waals surface area (Å²) in [6, 6.07) is 28.2. The first-order valence-corrected chi connectivity index (χ1v) is 14.8. The van der Waals surface area contributed by atoms with Crippen molar-refractivity contribution in [2.75, 3.05) is 20.8 Å². The number of rotatable bonds is 15. The number of amides is 1. The van der Waals surface area contributed by atoms with E-state index < -0.39 is 17.7 Å². The monoisotopic (exact) mass is 603 g/mol. The molecule has 0 bridgehead atoms. The zero-order valence-electron chi connectivity index (χ0n) is 26.6. The van der Waals surface area contributed by atoms with Crippen LogP contribution in [-0.4, -0.2) is 50.7 Å². The van der Waals surface area contributed by atoms with Crippen LogP contribution in [-0.2, 0) is 43.2 Å². The number of carbonyl (C=O) groups excluding carboxylic acids is 2. The summed E-state index contributed by atoms with van der Waals surface area (Å²) in [5, 5.41) is 2.50. The minimum absolute atomic E-state index is 0.0498. The highest BCUT2D eigenvalue weighted by Gasteiger charge is 2.29. The molecule has 1 amide bonds. The summed E-state index contributed by atoms with van der Waals surface area (Å²) in [5.74, 6) is 0.0429. The number of ether oxygens (including phenoxy) is 5. The number of benzene rings is 3. The van der Waals surface area contributed by atoms with Crippen molar-refractivity contribution in [1.82, 2.24) is 5.32 Å². The van der Waals surface area contributed by atoms with Gasteiger partial charge in [-0.1, -0.05) is 72.8 Å². The van der Waals surface area contributed by atoms with Crippen LogP contribution < -0.4 is 10.1 Å². The number of esters is 1.